The number of pyridine rings is 1. The van der Waals surface area contributed by atoms with Crippen LogP contribution in [0.1, 0.15) is 35.4 Å². The Balaban J connectivity index is 1.64. The van der Waals surface area contributed by atoms with E-state index >= 15 is 0 Å². The normalized spacial score (nSPS) is 31.2. The van der Waals surface area contributed by atoms with Crippen molar-refractivity contribution in [2.75, 3.05) is 26.7 Å². The zero-order valence-electron chi connectivity index (χ0n) is 19.9. The maximum Gasteiger partial charge on any atom is 0.224 e. The van der Waals surface area contributed by atoms with Gasteiger partial charge in [-0.25, -0.2) is 4.98 Å². The van der Waals surface area contributed by atoms with Crippen molar-refractivity contribution >= 4 is 27.5 Å². The van der Waals surface area contributed by atoms with Crippen LogP contribution in [0, 0.1) is 5.92 Å². The van der Waals surface area contributed by atoms with Gasteiger partial charge in [0.2, 0.25) is 5.88 Å². The summed E-state index contributed by atoms with van der Waals surface area (Å²) in [4.78, 5) is 6.72. The van der Waals surface area contributed by atoms with Gasteiger partial charge in [0.1, 0.15) is 10.9 Å². The number of fused-ring (bicyclic) bond motifs is 3. The fourth-order valence-corrected chi connectivity index (χ4v) is 7.16. The first-order valence-corrected chi connectivity index (χ1v) is 13.4. The number of rotatable bonds is 5. The standard InChI is InChI=1S/C28H28BrClN2O4/c1-35-26-24-21(15-22(30)31-26)36-28(18-9-11-19(29)12-10-18)23(17-7-3-2-4-8-17)20(25(33)27(24,28)34)16-32-13-5-6-14-32/h2-4,7-12,15,20,23,25,33-34H,5-6,13-14,16H2,1H3. The number of benzene rings is 2. The van der Waals surface area contributed by atoms with Crippen molar-refractivity contribution in [3.63, 3.8) is 0 Å². The fourth-order valence-electron chi connectivity index (χ4n) is 6.72. The number of nitrogens with zero attached hydrogens (tertiary/aromatic N) is 2. The summed E-state index contributed by atoms with van der Waals surface area (Å²) >= 11 is 9.86. The molecule has 2 aliphatic heterocycles. The maximum atomic E-state index is 12.8. The number of likely N-dealkylation sites (tertiary alicyclic amines) is 1. The average Bonchev–Trinajstić information content (AvgIpc) is 3.53. The smallest absolute Gasteiger partial charge is 0.224 e. The Morgan fingerprint density at radius 2 is 1.83 bits per heavy atom. The number of methoxy groups -OCH3 is 1. The van der Waals surface area contributed by atoms with Gasteiger partial charge < -0.3 is 24.6 Å². The molecule has 3 aromatic rings. The van der Waals surface area contributed by atoms with E-state index < -0.39 is 17.3 Å². The molecule has 2 aromatic carbocycles. The molecule has 0 bridgehead atoms. The van der Waals surface area contributed by atoms with E-state index in [9.17, 15) is 10.2 Å². The fraction of sp³-hybridized carbons (Fsp3) is 0.393. The van der Waals surface area contributed by atoms with E-state index in [-0.39, 0.29) is 22.9 Å². The highest BCUT2D eigenvalue weighted by atomic mass is 79.9. The number of halogens is 2. The predicted octanol–water partition coefficient (Wildman–Crippen LogP) is 4.85. The van der Waals surface area contributed by atoms with E-state index in [0.29, 0.717) is 17.9 Å². The molecule has 6 rings (SSSR count). The summed E-state index contributed by atoms with van der Waals surface area (Å²) in [5, 5.41) is 25.2. The van der Waals surface area contributed by atoms with E-state index in [4.69, 9.17) is 21.1 Å². The first kappa shape index (κ1) is 24.2. The minimum atomic E-state index is -1.83. The Morgan fingerprint density at radius 3 is 2.50 bits per heavy atom. The van der Waals surface area contributed by atoms with E-state index in [1.54, 1.807) is 6.07 Å². The van der Waals surface area contributed by atoms with Crippen molar-refractivity contribution in [3.8, 4) is 11.6 Å². The van der Waals surface area contributed by atoms with Crippen molar-refractivity contribution in [2.45, 2.75) is 36.1 Å². The van der Waals surface area contributed by atoms with E-state index in [2.05, 4.69) is 37.9 Å². The highest BCUT2D eigenvalue weighted by Crippen LogP contribution is 2.69. The van der Waals surface area contributed by atoms with E-state index in [1.165, 1.54) is 7.11 Å². The second-order valence-electron chi connectivity index (χ2n) is 9.94. The molecule has 0 radical (unpaired) electrons. The minimum absolute atomic E-state index is 0.159. The van der Waals surface area contributed by atoms with Crippen molar-refractivity contribution < 1.29 is 19.7 Å². The number of aliphatic hydroxyl groups is 2. The van der Waals surface area contributed by atoms with Crippen LogP contribution in [0.3, 0.4) is 0 Å². The molecule has 1 saturated heterocycles. The summed E-state index contributed by atoms with van der Waals surface area (Å²) in [5.74, 6) is -0.146. The highest BCUT2D eigenvalue weighted by molar-refractivity contribution is 9.10. The Labute approximate surface area is 224 Å². The van der Waals surface area contributed by atoms with Crippen LogP contribution in [-0.2, 0) is 11.2 Å². The third-order valence-corrected chi connectivity index (χ3v) is 8.85. The lowest BCUT2D eigenvalue weighted by atomic mass is 9.71. The van der Waals surface area contributed by atoms with Crippen LogP contribution in [0.15, 0.2) is 65.1 Å². The molecule has 2 fully saturated rings. The molecular formula is C28H28BrClN2O4. The zero-order chi connectivity index (χ0) is 25.1. The van der Waals surface area contributed by atoms with Crippen molar-refractivity contribution in [3.05, 3.63) is 87.0 Å². The minimum Gasteiger partial charge on any atom is -0.481 e. The molecule has 36 heavy (non-hydrogen) atoms. The number of aromatic nitrogens is 1. The van der Waals surface area contributed by atoms with Crippen LogP contribution in [0.2, 0.25) is 5.15 Å². The second kappa shape index (κ2) is 8.99. The van der Waals surface area contributed by atoms with Gasteiger partial charge in [-0.2, -0.15) is 0 Å². The SMILES string of the molecule is COc1nc(Cl)cc2c1C1(O)C(O)C(CN3CCCC3)C(c3ccccc3)C1(c1ccc(Br)cc1)O2. The number of ether oxygens (including phenoxy) is 2. The summed E-state index contributed by atoms with van der Waals surface area (Å²) < 4.78 is 13.4. The topological polar surface area (TPSA) is 75.0 Å². The van der Waals surface area contributed by atoms with Crippen LogP contribution in [-0.4, -0.2) is 52.9 Å². The molecule has 0 spiro atoms. The maximum absolute atomic E-state index is 12.8. The summed E-state index contributed by atoms with van der Waals surface area (Å²) in [6.45, 7) is 2.60. The summed E-state index contributed by atoms with van der Waals surface area (Å²) in [7, 11) is 1.49. The van der Waals surface area contributed by atoms with Gasteiger partial charge in [-0.3, -0.25) is 0 Å². The monoisotopic (exact) mass is 570 g/mol. The van der Waals surface area contributed by atoms with Gasteiger partial charge in [0.15, 0.2) is 11.2 Å². The molecule has 3 aliphatic rings. The Hall–Kier alpha value is -2.16. The number of hydrogen-bond acceptors (Lipinski definition) is 6. The lowest BCUT2D eigenvalue weighted by molar-refractivity contribution is -0.152. The van der Waals surface area contributed by atoms with Gasteiger partial charge in [-0.1, -0.05) is 70.0 Å². The molecule has 1 aliphatic carbocycles. The Kier molecular flexibility index (Phi) is 6.04. The summed E-state index contributed by atoms with van der Waals surface area (Å²) in [6, 6.07) is 19.4. The Morgan fingerprint density at radius 1 is 1.14 bits per heavy atom. The molecular weight excluding hydrogens is 544 g/mol. The highest BCUT2D eigenvalue weighted by Gasteiger charge is 2.77. The summed E-state index contributed by atoms with van der Waals surface area (Å²) in [5.41, 5.74) is -1.07. The van der Waals surface area contributed by atoms with Crippen LogP contribution < -0.4 is 9.47 Å². The lowest BCUT2D eigenvalue weighted by Crippen LogP contribution is -2.52. The van der Waals surface area contributed by atoms with Crippen LogP contribution in [0.4, 0.5) is 0 Å². The van der Waals surface area contributed by atoms with Crippen molar-refractivity contribution in [1.29, 1.82) is 0 Å². The third-order valence-electron chi connectivity index (χ3n) is 8.13. The van der Waals surface area contributed by atoms with E-state index in [1.807, 2.05) is 42.5 Å². The average molecular weight is 572 g/mol. The van der Waals surface area contributed by atoms with Crippen LogP contribution in [0.25, 0.3) is 0 Å². The molecule has 6 nitrogen and oxygen atoms in total. The van der Waals surface area contributed by atoms with Gasteiger partial charge in [0.05, 0.1) is 18.8 Å². The number of hydrogen-bond donors (Lipinski definition) is 2. The van der Waals surface area contributed by atoms with Gasteiger partial charge in [0, 0.05) is 28.9 Å². The predicted molar refractivity (Wildman–Crippen MR) is 140 cm³/mol. The largest absolute Gasteiger partial charge is 0.481 e. The van der Waals surface area contributed by atoms with Crippen molar-refractivity contribution in [1.82, 2.24) is 9.88 Å². The molecule has 188 valence electrons. The lowest BCUT2D eigenvalue weighted by Gasteiger charge is -2.41. The molecule has 5 atom stereocenters. The Bertz CT molecular complexity index is 1270. The van der Waals surface area contributed by atoms with Crippen LogP contribution >= 0.6 is 27.5 Å². The first-order chi connectivity index (χ1) is 17.4. The zero-order valence-corrected chi connectivity index (χ0v) is 22.2. The van der Waals surface area contributed by atoms with Crippen molar-refractivity contribution in [2.24, 2.45) is 5.92 Å². The molecule has 1 saturated carbocycles. The molecule has 5 unspecified atom stereocenters. The third kappa shape index (κ3) is 3.37. The first-order valence-electron chi connectivity index (χ1n) is 12.3. The van der Waals surface area contributed by atoms with Gasteiger partial charge >= 0.3 is 0 Å². The van der Waals surface area contributed by atoms with Gasteiger partial charge in [-0.15, -0.1) is 0 Å². The quantitative estimate of drug-likeness (QED) is 0.427. The van der Waals surface area contributed by atoms with Crippen LogP contribution in [0.5, 0.6) is 11.6 Å². The van der Waals surface area contributed by atoms with Gasteiger partial charge in [-0.05, 0) is 49.2 Å². The molecule has 3 heterocycles. The molecule has 0 amide bonds. The van der Waals surface area contributed by atoms with E-state index in [0.717, 1.165) is 41.5 Å². The van der Waals surface area contributed by atoms with Gasteiger partial charge in [0.25, 0.3) is 0 Å². The molecule has 8 heteroatoms. The summed E-state index contributed by atoms with van der Waals surface area (Å²) in [6.07, 6.45) is 1.12. The molecule has 1 aromatic heterocycles. The second-order valence-corrected chi connectivity index (χ2v) is 11.2. The molecule has 2 N–H and O–H groups in total. The number of aliphatic hydroxyl groups excluding tert-OH is 1.